The molecule has 1 heterocycles. The smallest absolute Gasteiger partial charge is 0.358 e. The lowest BCUT2D eigenvalue weighted by molar-refractivity contribution is 0.0688. The normalized spacial score (nSPS) is 11.0. The fraction of sp³-hybridized carbons (Fsp3) is 0.400. The molecule has 1 N–H and O–H groups in total. The highest BCUT2D eigenvalue weighted by Crippen LogP contribution is 2.23. The number of rotatable bonds is 6. The zero-order valence-electron chi connectivity index (χ0n) is 12.4. The molecule has 6 nitrogen and oxygen atoms in total. The van der Waals surface area contributed by atoms with E-state index < -0.39 is 5.97 Å². The summed E-state index contributed by atoms with van der Waals surface area (Å²) in [6.45, 7) is 4.45. The topological polar surface area (TPSA) is 77.2 Å². The first-order valence-corrected chi connectivity index (χ1v) is 6.82. The number of nitrogens with zero attached hydrogens (tertiary/aromatic N) is 3. The van der Waals surface area contributed by atoms with E-state index in [4.69, 9.17) is 4.74 Å². The summed E-state index contributed by atoms with van der Waals surface area (Å²) < 4.78 is 6.74. The van der Waals surface area contributed by atoms with E-state index in [1.165, 1.54) is 0 Å². The van der Waals surface area contributed by atoms with Crippen LogP contribution in [0.5, 0.6) is 0 Å². The Labute approximate surface area is 123 Å². The second kappa shape index (κ2) is 6.49. The number of benzene rings is 1. The molecule has 1 aromatic carbocycles. The minimum Gasteiger partial charge on any atom is -0.476 e. The zero-order chi connectivity index (χ0) is 15.4. The molecular formula is C15H19N3O3. The largest absolute Gasteiger partial charge is 0.476 e. The van der Waals surface area contributed by atoms with Gasteiger partial charge >= 0.3 is 5.97 Å². The van der Waals surface area contributed by atoms with E-state index in [0.29, 0.717) is 12.3 Å². The molecule has 0 aliphatic rings. The summed E-state index contributed by atoms with van der Waals surface area (Å²) in [7, 11) is 1.65. The molecule has 0 spiro atoms. The van der Waals surface area contributed by atoms with E-state index in [2.05, 4.69) is 10.3 Å². The maximum atomic E-state index is 11.3. The van der Waals surface area contributed by atoms with Crippen molar-refractivity contribution in [2.45, 2.75) is 26.2 Å². The Balaban J connectivity index is 2.54. The highest BCUT2D eigenvalue weighted by atomic mass is 16.5. The number of carboxylic acids is 1. The molecule has 0 unspecified atom stereocenters. The van der Waals surface area contributed by atoms with E-state index in [1.807, 2.05) is 38.1 Å². The third-order valence-corrected chi connectivity index (χ3v) is 3.25. The van der Waals surface area contributed by atoms with E-state index in [9.17, 15) is 9.90 Å². The van der Waals surface area contributed by atoms with Gasteiger partial charge in [-0.05, 0) is 24.0 Å². The molecule has 0 amide bonds. The van der Waals surface area contributed by atoms with Crippen LogP contribution in [0.1, 0.15) is 41.5 Å². The second-order valence-corrected chi connectivity index (χ2v) is 5.07. The van der Waals surface area contributed by atoms with Crippen LogP contribution >= 0.6 is 0 Å². The summed E-state index contributed by atoms with van der Waals surface area (Å²) in [5, 5.41) is 17.1. The van der Waals surface area contributed by atoms with Crippen LogP contribution in [0.2, 0.25) is 0 Å². The molecule has 0 saturated heterocycles. The summed E-state index contributed by atoms with van der Waals surface area (Å²) in [5.41, 5.74) is 2.50. The molecule has 0 radical (unpaired) electrons. The minimum absolute atomic E-state index is 0.00146. The van der Waals surface area contributed by atoms with Crippen LogP contribution in [0.25, 0.3) is 5.69 Å². The number of carboxylic acid groups (broad SMARTS) is 1. The summed E-state index contributed by atoms with van der Waals surface area (Å²) in [4.78, 5) is 11.3. The SMILES string of the molecule is COCCc1ccccc1-n1nnc(C(=O)O)c1C(C)C. The lowest BCUT2D eigenvalue weighted by Gasteiger charge is -2.13. The van der Waals surface area contributed by atoms with Gasteiger partial charge in [0.25, 0.3) is 0 Å². The summed E-state index contributed by atoms with van der Waals surface area (Å²) in [6.07, 6.45) is 0.729. The average molecular weight is 289 g/mol. The van der Waals surface area contributed by atoms with Gasteiger partial charge < -0.3 is 9.84 Å². The second-order valence-electron chi connectivity index (χ2n) is 5.07. The Kier molecular flexibility index (Phi) is 4.70. The van der Waals surface area contributed by atoms with Crippen LogP contribution in [0.15, 0.2) is 24.3 Å². The van der Waals surface area contributed by atoms with Crippen LogP contribution in [-0.4, -0.2) is 39.8 Å². The molecule has 6 heteroatoms. The average Bonchev–Trinajstić information content (AvgIpc) is 2.90. The Bertz CT molecular complexity index is 635. The van der Waals surface area contributed by atoms with Crippen molar-refractivity contribution in [3.05, 3.63) is 41.2 Å². The Morgan fingerprint density at radius 1 is 1.38 bits per heavy atom. The molecule has 0 aliphatic heterocycles. The van der Waals surface area contributed by atoms with Gasteiger partial charge in [-0.2, -0.15) is 0 Å². The molecule has 2 aromatic rings. The van der Waals surface area contributed by atoms with E-state index >= 15 is 0 Å². The Morgan fingerprint density at radius 2 is 2.10 bits per heavy atom. The molecule has 0 saturated carbocycles. The van der Waals surface area contributed by atoms with E-state index in [1.54, 1.807) is 11.8 Å². The summed E-state index contributed by atoms with van der Waals surface area (Å²) >= 11 is 0. The number of hydrogen-bond acceptors (Lipinski definition) is 4. The molecule has 2 rings (SSSR count). The molecule has 21 heavy (non-hydrogen) atoms. The van der Waals surface area contributed by atoms with Gasteiger partial charge in [0.1, 0.15) is 0 Å². The third-order valence-electron chi connectivity index (χ3n) is 3.25. The van der Waals surface area contributed by atoms with Gasteiger partial charge in [-0.3, -0.25) is 0 Å². The van der Waals surface area contributed by atoms with Crippen molar-refractivity contribution >= 4 is 5.97 Å². The van der Waals surface area contributed by atoms with Crippen LogP contribution < -0.4 is 0 Å². The van der Waals surface area contributed by atoms with Gasteiger partial charge in [0.15, 0.2) is 5.69 Å². The third kappa shape index (κ3) is 3.11. The zero-order valence-corrected chi connectivity index (χ0v) is 12.4. The number of hydrogen-bond donors (Lipinski definition) is 1. The number of para-hydroxylation sites is 1. The fourth-order valence-electron chi connectivity index (χ4n) is 2.28. The summed E-state index contributed by atoms with van der Waals surface area (Å²) in [6, 6.07) is 7.74. The van der Waals surface area contributed by atoms with Gasteiger partial charge in [-0.1, -0.05) is 37.3 Å². The molecule has 0 atom stereocenters. The van der Waals surface area contributed by atoms with E-state index in [0.717, 1.165) is 17.7 Å². The molecular weight excluding hydrogens is 270 g/mol. The van der Waals surface area contributed by atoms with Crippen LogP contribution in [0.4, 0.5) is 0 Å². The van der Waals surface area contributed by atoms with Gasteiger partial charge in [-0.25, -0.2) is 9.48 Å². The van der Waals surface area contributed by atoms with E-state index in [-0.39, 0.29) is 11.6 Å². The standard InChI is InChI=1S/C15H19N3O3/c1-10(2)14-13(15(19)20)16-17-18(14)12-7-5-4-6-11(12)8-9-21-3/h4-7,10H,8-9H2,1-3H3,(H,19,20). The molecule has 0 fully saturated rings. The molecule has 0 aliphatic carbocycles. The molecule has 0 bridgehead atoms. The monoisotopic (exact) mass is 289 g/mol. The molecule has 1 aromatic heterocycles. The fourth-order valence-corrected chi connectivity index (χ4v) is 2.28. The first kappa shape index (κ1) is 15.2. The maximum Gasteiger partial charge on any atom is 0.358 e. The van der Waals surface area contributed by atoms with Gasteiger partial charge in [0, 0.05) is 7.11 Å². The van der Waals surface area contributed by atoms with Crippen LogP contribution in [-0.2, 0) is 11.2 Å². The first-order chi connectivity index (χ1) is 10.1. The lowest BCUT2D eigenvalue weighted by atomic mass is 10.1. The number of methoxy groups -OCH3 is 1. The quantitative estimate of drug-likeness (QED) is 0.882. The van der Waals surface area contributed by atoms with Gasteiger partial charge in [0.05, 0.1) is 18.0 Å². The maximum absolute atomic E-state index is 11.3. The van der Waals surface area contributed by atoms with Crippen molar-refractivity contribution in [3.63, 3.8) is 0 Å². The van der Waals surface area contributed by atoms with Gasteiger partial charge in [-0.15, -0.1) is 5.10 Å². The van der Waals surface area contributed by atoms with Crippen molar-refractivity contribution in [2.24, 2.45) is 0 Å². The van der Waals surface area contributed by atoms with Gasteiger partial charge in [0.2, 0.25) is 0 Å². The highest BCUT2D eigenvalue weighted by Gasteiger charge is 2.23. The van der Waals surface area contributed by atoms with Crippen molar-refractivity contribution < 1.29 is 14.6 Å². The predicted molar refractivity (Wildman–Crippen MR) is 78.0 cm³/mol. The summed E-state index contributed by atoms with van der Waals surface area (Å²) in [5.74, 6) is -1.05. The minimum atomic E-state index is -1.06. The van der Waals surface area contributed by atoms with Crippen molar-refractivity contribution in [1.29, 1.82) is 0 Å². The van der Waals surface area contributed by atoms with Crippen LogP contribution in [0.3, 0.4) is 0 Å². The highest BCUT2D eigenvalue weighted by molar-refractivity contribution is 5.86. The van der Waals surface area contributed by atoms with Crippen molar-refractivity contribution in [3.8, 4) is 5.69 Å². The lowest BCUT2D eigenvalue weighted by Crippen LogP contribution is -2.10. The molecule has 112 valence electrons. The predicted octanol–water partition coefficient (Wildman–Crippen LogP) is 2.28. The Hall–Kier alpha value is -2.21. The van der Waals surface area contributed by atoms with Crippen molar-refractivity contribution in [1.82, 2.24) is 15.0 Å². The number of aromatic carboxylic acids is 1. The Morgan fingerprint density at radius 3 is 2.71 bits per heavy atom. The number of ether oxygens (including phenoxy) is 1. The van der Waals surface area contributed by atoms with Crippen LogP contribution in [0, 0.1) is 0 Å². The number of aromatic nitrogens is 3. The number of carbonyl (C=O) groups is 1. The van der Waals surface area contributed by atoms with Crippen molar-refractivity contribution in [2.75, 3.05) is 13.7 Å². The first-order valence-electron chi connectivity index (χ1n) is 6.82.